The Hall–Kier alpha value is -2.13. The zero-order valence-corrected chi connectivity index (χ0v) is 17.8. The van der Waals surface area contributed by atoms with Crippen molar-refractivity contribution in [3.8, 4) is 0 Å². The number of halogens is 2. The zero-order chi connectivity index (χ0) is 20.3. The fraction of sp³-hybridized carbons (Fsp3) is 0.316. The molecule has 150 valence electrons. The maximum atomic E-state index is 14.0. The lowest BCUT2D eigenvalue weighted by molar-refractivity contribution is -0.129. The Morgan fingerprint density at radius 1 is 1.11 bits per heavy atom. The molecule has 1 aliphatic rings. The molecule has 1 aliphatic heterocycles. The number of hydrogen-bond donors (Lipinski definition) is 0. The average Bonchev–Trinajstić information content (AvgIpc) is 2.65. The van der Waals surface area contributed by atoms with E-state index >= 15 is 0 Å². The second-order valence-corrected chi connectivity index (χ2v) is 9.39. The zero-order valence-electron chi connectivity index (χ0n) is 15.4. The number of piperazine rings is 1. The van der Waals surface area contributed by atoms with Crippen LogP contribution in [0.2, 0.25) is 0 Å². The first-order valence-corrected chi connectivity index (χ1v) is 11.4. The summed E-state index contributed by atoms with van der Waals surface area (Å²) in [4.78, 5) is 16.2. The normalized spacial score (nSPS) is 14.8. The van der Waals surface area contributed by atoms with Crippen LogP contribution in [0.4, 0.5) is 15.8 Å². The van der Waals surface area contributed by atoms with E-state index in [1.165, 1.54) is 6.07 Å². The van der Waals surface area contributed by atoms with Gasteiger partial charge in [-0.05, 0) is 30.3 Å². The monoisotopic (exact) mass is 469 g/mol. The number of sulfonamides is 1. The first kappa shape index (κ1) is 20.6. The van der Waals surface area contributed by atoms with E-state index in [9.17, 15) is 17.6 Å². The van der Waals surface area contributed by atoms with E-state index in [0.29, 0.717) is 37.6 Å². The molecule has 0 N–H and O–H groups in total. The van der Waals surface area contributed by atoms with Gasteiger partial charge in [-0.15, -0.1) is 0 Å². The van der Waals surface area contributed by atoms with Crippen molar-refractivity contribution in [2.24, 2.45) is 0 Å². The lowest BCUT2D eigenvalue weighted by Crippen LogP contribution is -2.52. The second-order valence-electron chi connectivity index (χ2n) is 6.57. The van der Waals surface area contributed by atoms with E-state index in [1.54, 1.807) is 47.4 Å². The van der Waals surface area contributed by atoms with Crippen molar-refractivity contribution in [1.82, 2.24) is 4.90 Å². The standard InChI is InChI=1S/C19H21BrFN3O3S/c1-28(26,27)24(16-6-4-5-15(20)13-16)14-19(25)23-11-9-22(10-12-23)18-8-3-2-7-17(18)21/h2-8,13H,9-12,14H2,1H3. The third-order valence-corrected chi connectivity index (χ3v) is 6.23. The van der Waals surface area contributed by atoms with Crippen molar-refractivity contribution < 1.29 is 17.6 Å². The Balaban J connectivity index is 1.68. The van der Waals surface area contributed by atoms with Gasteiger partial charge in [0.05, 0.1) is 17.6 Å². The quantitative estimate of drug-likeness (QED) is 0.675. The highest BCUT2D eigenvalue weighted by Crippen LogP contribution is 2.23. The number of carbonyl (C=O) groups excluding carboxylic acids is 1. The van der Waals surface area contributed by atoms with Gasteiger partial charge in [0.15, 0.2) is 0 Å². The van der Waals surface area contributed by atoms with Gasteiger partial charge in [-0.3, -0.25) is 9.10 Å². The Bertz CT molecular complexity index is 962. The van der Waals surface area contributed by atoms with Gasteiger partial charge in [0.2, 0.25) is 15.9 Å². The van der Waals surface area contributed by atoms with Crippen molar-refractivity contribution in [3.63, 3.8) is 0 Å². The molecular formula is C19H21BrFN3O3S. The number of hydrogen-bond acceptors (Lipinski definition) is 4. The maximum absolute atomic E-state index is 14.0. The van der Waals surface area contributed by atoms with E-state index in [-0.39, 0.29) is 18.3 Å². The molecular weight excluding hydrogens is 449 g/mol. The molecule has 2 aromatic carbocycles. The predicted octanol–water partition coefficient (Wildman–Crippen LogP) is 2.70. The average molecular weight is 470 g/mol. The van der Waals surface area contributed by atoms with Crippen LogP contribution >= 0.6 is 15.9 Å². The number of benzene rings is 2. The van der Waals surface area contributed by atoms with Crippen molar-refractivity contribution in [1.29, 1.82) is 0 Å². The minimum absolute atomic E-state index is 0.269. The summed E-state index contributed by atoms with van der Waals surface area (Å²) in [5.74, 6) is -0.571. The van der Waals surface area contributed by atoms with Gasteiger partial charge >= 0.3 is 0 Å². The maximum Gasteiger partial charge on any atom is 0.243 e. The number of amides is 1. The van der Waals surface area contributed by atoms with Crippen LogP contribution in [0.1, 0.15) is 0 Å². The molecule has 0 atom stereocenters. The molecule has 1 fully saturated rings. The third kappa shape index (κ3) is 4.82. The molecule has 28 heavy (non-hydrogen) atoms. The summed E-state index contributed by atoms with van der Waals surface area (Å²) in [5, 5.41) is 0. The number of anilines is 2. The minimum Gasteiger partial charge on any atom is -0.366 e. The number of nitrogens with zero attached hydrogens (tertiary/aromatic N) is 3. The van der Waals surface area contributed by atoms with Gasteiger partial charge < -0.3 is 9.80 Å². The lowest BCUT2D eigenvalue weighted by Gasteiger charge is -2.37. The van der Waals surface area contributed by atoms with Crippen LogP contribution in [0, 0.1) is 5.82 Å². The van der Waals surface area contributed by atoms with Crippen LogP contribution in [0.3, 0.4) is 0 Å². The molecule has 0 saturated carbocycles. The van der Waals surface area contributed by atoms with Gasteiger partial charge in [0.25, 0.3) is 0 Å². The molecule has 1 amide bonds. The van der Waals surface area contributed by atoms with Gasteiger partial charge in [0, 0.05) is 30.7 Å². The van der Waals surface area contributed by atoms with Crippen molar-refractivity contribution in [2.75, 3.05) is 48.2 Å². The van der Waals surface area contributed by atoms with E-state index in [1.807, 2.05) is 4.90 Å². The number of para-hydroxylation sites is 1. The van der Waals surface area contributed by atoms with Crippen LogP contribution in [0.5, 0.6) is 0 Å². The highest BCUT2D eigenvalue weighted by atomic mass is 79.9. The van der Waals surface area contributed by atoms with E-state index in [4.69, 9.17) is 0 Å². The smallest absolute Gasteiger partial charge is 0.243 e. The Morgan fingerprint density at radius 2 is 1.79 bits per heavy atom. The summed E-state index contributed by atoms with van der Waals surface area (Å²) < 4.78 is 40.2. The third-order valence-electron chi connectivity index (χ3n) is 4.60. The summed E-state index contributed by atoms with van der Waals surface area (Å²) >= 11 is 3.32. The van der Waals surface area contributed by atoms with Crippen molar-refractivity contribution in [2.45, 2.75) is 0 Å². The molecule has 0 spiro atoms. The minimum atomic E-state index is -3.62. The number of carbonyl (C=O) groups is 1. The lowest BCUT2D eigenvalue weighted by atomic mass is 10.2. The number of rotatable bonds is 5. The molecule has 0 unspecified atom stereocenters. The highest BCUT2D eigenvalue weighted by molar-refractivity contribution is 9.10. The Labute approximate surface area is 172 Å². The van der Waals surface area contributed by atoms with Crippen LogP contribution < -0.4 is 9.21 Å². The Morgan fingerprint density at radius 3 is 2.39 bits per heavy atom. The van der Waals surface area contributed by atoms with Crippen LogP contribution in [-0.2, 0) is 14.8 Å². The van der Waals surface area contributed by atoms with Gasteiger partial charge in [0.1, 0.15) is 12.4 Å². The summed E-state index contributed by atoms with van der Waals surface area (Å²) in [6, 6.07) is 13.3. The molecule has 0 aliphatic carbocycles. The first-order chi connectivity index (χ1) is 13.3. The second kappa shape index (κ2) is 8.48. The molecule has 0 bridgehead atoms. The predicted molar refractivity (Wildman–Crippen MR) is 112 cm³/mol. The van der Waals surface area contributed by atoms with Crippen molar-refractivity contribution >= 4 is 43.2 Å². The van der Waals surface area contributed by atoms with E-state index in [2.05, 4.69) is 15.9 Å². The van der Waals surface area contributed by atoms with Crippen LogP contribution in [0.25, 0.3) is 0 Å². The summed E-state index contributed by atoms with van der Waals surface area (Å²) in [5.41, 5.74) is 0.941. The Kier molecular flexibility index (Phi) is 6.24. The molecule has 2 aromatic rings. The summed E-state index contributed by atoms with van der Waals surface area (Å²) in [6.45, 7) is 1.52. The van der Waals surface area contributed by atoms with Crippen molar-refractivity contribution in [3.05, 3.63) is 58.8 Å². The van der Waals surface area contributed by atoms with Gasteiger partial charge in [-0.2, -0.15) is 0 Å². The molecule has 3 rings (SSSR count). The molecule has 1 saturated heterocycles. The molecule has 6 nitrogen and oxygen atoms in total. The van der Waals surface area contributed by atoms with Crippen LogP contribution in [-0.4, -0.2) is 58.2 Å². The summed E-state index contributed by atoms with van der Waals surface area (Å²) in [7, 11) is -3.62. The van der Waals surface area contributed by atoms with Crippen LogP contribution in [0.15, 0.2) is 53.0 Å². The first-order valence-electron chi connectivity index (χ1n) is 8.76. The molecule has 1 heterocycles. The summed E-state index contributed by atoms with van der Waals surface area (Å²) in [6.07, 6.45) is 1.08. The fourth-order valence-electron chi connectivity index (χ4n) is 3.16. The van der Waals surface area contributed by atoms with E-state index in [0.717, 1.165) is 15.0 Å². The van der Waals surface area contributed by atoms with Gasteiger partial charge in [-0.25, -0.2) is 12.8 Å². The molecule has 0 radical (unpaired) electrons. The fourth-order valence-corrected chi connectivity index (χ4v) is 4.39. The molecule has 0 aromatic heterocycles. The highest BCUT2D eigenvalue weighted by Gasteiger charge is 2.27. The van der Waals surface area contributed by atoms with Gasteiger partial charge in [-0.1, -0.05) is 34.1 Å². The largest absolute Gasteiger partial charge is 0.366 e. The topological polar surface area (TPSA) is 60.9 Å². The SMILES string of the molecule is CS(=O)(=O)N(CC(=O)N1CCN(c2ccccc2F)CC1)c1cccc(Br)c1. The van der Waals surface area contributed by atoms with E-state index < -0.39 is 10.0 Å². The molecule has 9 heteroatoms.